The summed E-state index contributed by atoms with van der Waals surface area (Å²) >= 11 is 0. The maximum atomic E-state index is 12.0. The van der Waals surface area contributed by atoms with Crippen molar-refractivity contribution in [3.8, 4) is 0 Å². The standard InChI is InChI=1S/C10H9N5O2/c1-6-8(14-17-13-6)4-15-5-12-7-2-3-11-9(7)10(15)16/h2-3,5,11H,4H2,1H3. The van der Waals surface area contributed by atoms with Crippen molar-refractivity contribution in [1.29, 1.82) is 0 Å². The van der Waals surface area contributed by atoms with Gasteiger partial charge in [-0.15, -0.1) is 0 Å². The third-order valence-electron chi connectivity index (χ3n) is 2.60. The van der Waals surface area contributed by atoms with E-state index >= 15 is 0 Å². The zero-order valence-electron chi connectivity index (χ0n) is 9.04. The van der Waals surface area contributed by atoms with Gasteiger partial charge in [-0.05, 0) is 13.0 Å². The molecule has 3 rings (SSSR count). The highest BCUT2D eigenvalue weighted by Gasteiger charge is 2.09. The molecule has 0 amide bonds. The number of hydrogen-bond donors (Lipinski definition) is 1. The van der Waals surface area contributed by atoms with E-state index in [0.29, 0.717) is 29.0 Å². The molecule has 1 N–H and O–H groups in total. The molecule has 0 fully saturated rings. The molecule has 0 radical (unpaired) electrons. The molecule has 0 aliphatic rings. The molecular formula is C10H9N5O2. The predicted molar refractivity (Wildman–Crippen MR) is 58.5 cm³/mol. The molecule has 7 nitrogen and oxygen atoms in total. The number of hydrogen-bond acceptors (Lipinski definition) is 5. The lowest BCUT2D eigenvalue weighted by Crippen LogP contribution is -2.21. The van der Waals surface area contributed by atoms with E-state index in [1.54, 1.807) is 19.2 Å². The average Bonchev–Trinajstić information content (AvgIpc) is 2.92. The number of nitrogens with zero attached hydrogens (tertiary/aromatic N) is 4. The molecule has 3 aromatic rings. The van der Waals surface area contributed by atoms with E-state index in [2.05, 4.69) is 24.9 Å². The van der Waals surface area contributed by atoms with Crippen LogP contribution in [0.25, 0.3) is 11.0 Å². The Morgan fingerprint density at radius 1 is 1.47 bits per heavy atom. The van der Waals surface area contributed by atoms with Gasteiger partial charge in [-0.3, -0.25) is 9.36 Å². The Morgan fingerprint density at radius 3 is 3.12 bits per heavy atom. The Bertz CT molecular complexity index is 723. The van der Waals surface area contributed by atoms with Crippen LogP contribution in [0, 0.1) is 6.92 Å². The van der Waals surface area contributed by atoms with E-state index in [0.717, 1.165) is 0 Å². The fourth-order valence-electron chi connectivity index (χ4n) is 1.63. The highest BCUT2D eigenvalue weighted by molar-refractivity contribution is 5.73. The van der Waals surface area contributed by atoms with Crippen molar-refractivity contribution in [3.05, 3.63) is 40.3 Å². The quantitative estimate of drug-likeness (QED) is 0.692. The molecule has 86 valence electrons. The largest absolute Gasteiger partial charge is 0.355 e. The number of aromatic nitrogens is 5. The van der Waals surface area contributed by atoms with Gasteiger partial charge in [-0.25, -0.2) is 9.61 Å². The van der Waals surface area contributed by atoms with Crippen molar-refractivity contribution in [3.63, 3.8) is 0 Å². The minimum absolute atomic E-state index is 0.137. The Kier molecular flexibility index (Phi) is 2.04. The van der Waals surface area contributed by atoms with Crippen molar-refractivity contribution in [2.75, 3.05) is 0 Å². The van der Waals surface area contributed by atoms with Gasteiger partial charge in [0.15, 0.2) is 0 Å². The summed E-state index contributed by atoms with van der Waals surface area (Å²) < 4.78 is 6.05. The lowest BCUT2D eigenvalue weighted by Gasteiger charge is -2.01. The van der Waals surface area contributed by atoms with Crippen LogP contribution in [0.4, 0.5) is 0 Å². The van der Waals surface area contributed by atoms with Crippen LogP contribution < -0.4 is 5.56 Å². The van der Waals surface area contributed by atoms with Crippen molar-refractivity contribution >= 4 is 11.0 Å². The first-order valence-electron chi connectivity index (χ1n) is 5.06. The monoisotopic (exact) mass is 231 g/mol. The van der Waals surface area contributed by atoms with Crippen molar-refractivity contribution < 1.29 is 4.63 Å². The minimum atomic E-state index is -0.137. The molecular weight excluding hydrogens is 222 g/mol. The topological polar surface area (TPSA) is 89.6 Å². The van der Waals surface area contributed by atoms with Crippen LogP contribution in [0.3, 0.4) is 0 Å². The molecule has 17 heavy (non-hydrogen) atoms. The van der Waals surface area contributed by atoms with E-state index in [4.69, 9.17) is 0 Å². The summed E-state index contributed by atoms with van der Waals surface area (Å²) in [6.45, 7) is 2.08. The van der Waals surface area contributed by atoms with Crippen LogP contribution in [0.2, 0.25) is 0 Å². The molecule has 0 aliphatic carbocycles. The molecule has 3 heterocycles. The first-order valence-corrected chi connectivity index (χ1v) is 5.06. The van der Waals surface area contributed by atoms with Crippen LogP contribution >= 0.6 is 0 Å². The lowest BCUT2D eigenvalue weighted by atomic mass is 10.3. The lowest BCUT2D eigenvalue weighted by molar-refractivity contribution is 0.300. The first kappa shape index (κ1) is 9.76. The first-order chi connectivity index (χ1) is 8.25. The maximum Gasteiger partial charge on any atom is 0.278 e. The zero-order chi connectivity index (χ0) is 11.8. The SMILES string of the molecule is Cc1nonc1Cn1cnc2cc[nH]c2c1=O. The number of aryl methyl sites for hydroxylation is 1. The highest BCUT2D eigenvalue weighted by Crippen LogP contribution is 2.05. The summed E-state index contributed by atoms with van der Waals surface area (Å²) in [6, 6.07) is 1.75. The van der Waals surface area contributed by atoms with E-state index in [1.165, 1.54) is 10.9 Å². The van der Waals surface area contributed by atoms with Gasteiger partial charge in [0.1, 0.15) is 16.9 Å². The van der Waals surface area contributed by atoms with E-state index in [-0.39, 0.29) is 5.56 Å². The molecule has 0 spiro atoms. The second-order valence-electron chi connectivity index (χ2n) is 3.71. The van der Waals surface area contributed by atoms with Crippen LogP contribution in [0.15, 0.2) is 28.0 Å². The highest BCUT2D eigenvalue weighted by atomic mass is 16.6. The molecule has 0 aromatic carbocycles. The minimum Gasteiger partial charge on any atom is -0.355 e. The third-order valence-corrected chi connectivity index (χ3v) is 2.60. The van der Waals surface area contributed by atoms with E-state index in [1.807, 2.05) is 0 Å². The molecule has 0 atom stereocenters. The molecule has 7 heteroatoms. The zero-order valence-corrected chi connectivity index (χ0v) is 9.04. The second-order valence-corrected chi connectivity index (χ2v) is 3.71. The number of H-pyrrole nitrogens is 1. The summed E-state index contributed by atoms with van der Waals surface area (Å²) in [5.41, 5.74) is 2.30. The molecule has 3 aromatic heterocycles. The van der Waals surface area contributed by atoms with Gasteiger partial charge in [0.2, 0.25) is 0 Å². The Morgan fingerprint density at radius 2 is 2.35 bits per heavy atom. The number of fused-ring (bicyclic) bond motifs is 1. The molecule has 0 saturated carbocycles. The fourth-order valence-corrected chi connectivity index (χ4v) is 1.63. The summed E-state index contributed by atoms with van der Waals surface area (Å²) in [5.74, 6) is 0. The predicted octanol–water partition coefficient (Wildman–Crippen LogP) is 0.464. The van der Waals surface area contributed by atoms with Gasteiger partial charge in [0.05, 0.1) is 18.4 Å². The molecule has 0 unspecified atom stereocenters. The smallest absolute Gasteiger partial charge is 0.278 e. The van der Waals surface area contributed by atoms with Crippen LogP contribution in [-0.4, -0.2) is 24.8 Å². The summed E-state index contributed by atoms with van der Waals surface area (Å²) in [6.07, 6.45) is 3.18. The Labute approximate surface area is 95.1 Å². The summed E-state index contributed by atoms with van der Waals surface area (Å²) in [5, 5.41) is 7.40. The Hall–Kier alpha value is -2.44. The van der Waals surface area contributed by atoms with Gasteiger partial charge in [0.25, 0.3) is 5.56 Å². The van der Waals surface area contributed by atoms with Gasteiger partial charge >= 0.3 is 0 Å². The number of nitrogens with one attached hydrogen (secondary N) is 1. The summed E-state index contributed by atoms with van der Waals surface area (Å²) in [4.78, 5) is 19.1. The number of rotatable bonds is 2. The van der Waals surface area contributed by atoms with Gasteiger partial charge in [-0.2, -0.15) is 0 Å². The van der Waals surface area contributed by atoms with Crippen LogP contribution in [-0.2, 0) is 6.54 Å². The third kappa shape index (κ3) is 1.52. The molecule has 0 aliphatic heterocycles. The summed E-state index contributed by atoms with van der Waals surface area (Å²) in [7, 11) is 0. The van der Waals surface area contributed by atoms with E-state index in [9.17, 15) is 4.79 Å². The van der Waals surface area contributed by atoms with Crippen molar-refractivity contribution in [2.45, 2.75) is 13.5 Å². The molecule has 0 bridgehead atoms. The normalized spacial score (nSPS) is 11.1. The fraction of sp³-hybridized carbons (Fsp3) is 0.200. The Balaban J connectivity index is 2.09. The van der Waals surface area contributed by atoms with Crippen molar-refractivity contribution in [1.82, 2.24) is 24.8 Å². The second kappa shape index (κ2) is 3.55. The van der Waals surface area contributed by atoms with E-state index < -0.39 is 0 Å². The average molecular weight is 231 g/mol. The van der Waals surface area contributed by atoms with Gasteiger partial charge in [0, 0.05) is 6.20 Å². The van der Waals surface area contributed by atoms with Crippen molar-refractivity contribution in [2.24, 2.45) is 0 Å². The van der Waals surface area contributed by atoms with Crippen LogP contribution in [0.5, 0.6) is 0 Å². The molecule has 0 saturated heterocycles. The van der Waals surface area contributed by atoms with Gasteiger partial charge < -0.3 is 4.98 Å². The van der Waals surface area contributed by atoms with Gasteiger partial charge in [-0.1, -0.05) is 10.3 Å². The van der Waals surface area contributed by atoms with Crippen LogP contribution in [0.1, 0.15) is 11.4 Å². The number of aromatic amines is 1. The maximum absolute atomic E-state index is 12.0.